The highest BCUT2D eigenvalue weighted by atomic mass is 35.5. The highest BCUT2D eigenvalue weighted by Gasteiger charge is 2.43. The Labute approximate surface area is 133 Å². The van der Waals surface area contributed by atoms with Crippen molar-refractivity contribution in [3.63, 3.8) is 0 Å². The standard InChI is InChI=1S/C12H14FN3O4S.ClH/c13-10-2-1-3-11(12(10)16(17)18)21(19,20)15-6-8-4-14-5-9(8)7-15;/h1-3,8-9,14H,4-7H2;1H/t8-,9+;. The van der Waals surface area contributed by atoms with Crippen LogP contribution in [0.1, 0.15) is 0 Å². The molecule has 0 unspecified atom stereocenters. The van der Waals surface area contributed by atoms with E-state index in [2.05, 4.69) is 5.32 Å². The minimum Gasteiger partial charge on any atom is -0.316 e. The molecule has 10 heteroatoms. The lowest BCUT2D eigenvalue weighted by atomic mass is 10.0. The molecule has 7 nitrogen and oxygen atoms in total. The fourth-order valence-corrected chi connectivity index (χ4v) is 4.75. The van der Waals surface area contributed by atoms with Gasteiger partial charge in [0.1, 0.15) is 0 Å². The molecule has 2 atom stereocenters. The second-order valence-corrected chi connectivity index (χ2v) is 7.25. The first-order valence-electron chi connectivity index (χ1n) is 6.55. The molecule has 0 aliphatic carbocycles. The zero-order valence-corrected chi connectivity index (χ0v) is 13.1. The molecule has 2 heterocycles. The Bertz CT molecular complexity index is 688. The molecule has 2 fully saturated rings. The van der Waals surface area contributed by atoms with E-state index < -0.39 is 31.3 Å². The van der Waals surface area contributed by atoms with Gasteiger partial charge in [-0.2, -0.15) is 8.70 Å². The average molecular weight is 352 g/mol. The summed E-state index contributed by atoms with van der Waals surface area (Å²) in [7, 11) is -4.06. The van der Waals surface area contributed by atoms with Crippen LogP contribution in [-0.4, -0.2) is 43.8 Å². The van der Waals surface area contributed by atoms with Crippen LogP contribution < -0.4 is 5.32 Å². The Balaban J connectivity index is 0.00000176. The molecule has 122 valence electrons. The molecular weight excluding hydrogens is 337 g/mol. The number of sulfonamides is 1. The third-order valence-corrected chi connectivity index (χ3v) is 5.97. The van der Waals surface area contributed by atoms with Crippen molar-refractivity contribution in [1.29, 1.82) is 0 Å². The molecule has 1 N–H and O–H groups in total. The van der Waals surface area contributed by atoms with Gasteiger partial charge in [-0.1, -0.05) is 6.07 Å². The number of nitro benzene ring substituents is 1. The second-order valence-electron chi connectivity index (χ2n) is 5.34. The van der Waals surface area contributed by atoms with Crippen LogP contribution in [0.25, 0.3) is 0 Å². The van der Waals surface area contributed by atoms with Crippen molar-refractivity contribution in [1.82, 2.24) is 9.62 Å². The maximum atomic E-state index is 13.6. The van der Waals surface area contributed by atoms with E-state index in [-0.39, 0.29) is 24.2 Å². The van der Waals surface area contributed by atoms with Crippen LogP contribution in [0.3, 0.4) is 0 Å². The van der Waals surface area contributed by atoms with Crippen LogP contribution in [0.4, 0.5) is 10.1 Å². The van der Waals surface area contributed by atoms with Crippen molar-refractivity contribution in [3.8, 4) is 0 Å². The minimum atomic E-state index is -4.06. The van der Waals surface area contributed by atoms with Crippen molar-refractivity contribution in [2.75, 3.05) is 26.2 Å². The summed E-state index contributed by atoms with van der Waals surface area (Å²) < 4.78 is 40.0. The topological polar surface area (TPSA) is 92.5 Å². The Hall–Kier alpha value is -1.29. The predicted molar refractivity (Wildman–Crippen MR) is 78.9 cm³/mol. The molecule has 0 bridgehead atoms. The Morgan fingerprint density at radius 1 is 1.27 bits per heavy atom. The van der Waals surface area contributed by atoms with E-state index in [9.17, 15) is 22.9 Å². The summed E-state index contributed by atoms with van der Waals surface area (Å²) in [5.41, 5.74) is -0.979. The molecule has 0 amide bonds. The minimum absolute atomic E-state index is 0. The van der Waals surface area contributed by atoms with Gasteiger partial charge in [0.25, 0.3) is 0 Å². The van der Waals surface area contributed by atoms with E-state index >= 15 is 0 Å². The summed E-state index contributed by atoms with van der Waals surface area (Å²) in [6.07, 6.45) is 0. The summed E-state index contributed by atoms with van der Waals surface area (Å²) in [6, 6.07) is 3.15. The smallest absolute Gasteiger partial charge is 0.316 e. The highest BCUT2D eigenvalue weighted by molar-refractivity contribution is 7.89. The van der Waals surface area contributed by atoms with Crippen molar-refractivity contribution in [2.24, 2.45) is 11.8 Å². The van der Waals surface area contributed by atoms with Crippen LogP contribution in [0.2, 0.25) is 0 Å². The first kappa shape index (κ1) is 17.1. The van der Waals surface area contributed by atoms with Gasteiger partial charge in [-0.25, -0.2) is 8.42 Å². The summed E-state index contributed by atoms with van der Waals surface area (Å²) in [6.45, 7) is 2.10. The molecule has 1 aromatic rings. The van der Waals surface area contributed by atoms with E-state index in [1.54, 1.807) is 0 Å². The number of halogens is 2. The predicted octanol–water partition coefficient (Wildman–Crippen LogP) is 0.996. The molecule has 2 aliphatic rings. The fourth-order valence-electron chi connectivity index (χ4n) is 3.03. The summed E-state index contributed by atoms with van der Waals surface area (Å²) in [5, 5.41) is 14.2. The maximum absolute atomic E-state index is 13.6. The van der Waals surface area contributed by atoms with Gasteiger partial charge in [0.2, 0.25) is 15.8 Å². The van der Waals surface area contributed by atoms with Crippen molar-refractivity contribution in [2.45, 2.75) is 4.90 Å². The molecule has 2 saturated heterocycles. The lowest BCUT2D eigenvalue weighted by Gasteiger charge is -2.17. The zero-order chi connectivity index (χ0) is 15.2. The Kier molecular flexibility index (Phi) is 4.71. The third kappa shape index (κ3) is 2.69. The quantitative estimate of drug-likeness (QED) is 0.647. The van der Waals surface area contributed by atoms with E-state index in [0.717, 1.165) is 25.2 Å². The van der Waals surface area contributed by atoms with Gasteiger partial charge in [0, 0.05) is 13.1 Å². The van der Waals surface area contributed by atoms with Gasteiger partial charge < -0.3 is 5.32 Å². The van der Waals surface area contributed by atoms with Crippen LogP contribution >= 0.6 is 12.4 Å². The first-order valence-corrected chi connectivity index (χ1v) is 7.99. The fraction of sp³-hybridized carbons (Fsp3) is 0.500. The zero-order valence-electron chi connectivity index (χ0n) is 11.4. The summed E-state index contributed by atoms with van der Waals surface area (Å²) >= 11 is 0. The van der Waals surface area contributed by atoms with Gasteiger partial charge in [-0.05, 0) is 37.1 Å². The number of hydrogen-bond donors (Lipinski definition) is 1. The van der Waals surface area contributed by atoms with Gasteiger partial charge in [-0.15, -0.1) is 12.4 Å². The SMILES string of the molecule is Cl.O=[N+]([O-])c1c(F)cccc1S(=O)(=O)N1C[C@H]2CNC[C@H]2C1. The molecular formula is C12H15ClFN3O4S. The van der Waals surface area contributed by atoms with Crippen LogP contribution in [0, 0.1) is 27.8 Å². The number of nitrogens with one attached hydrogen (secondary N) is 1. The Morgan fingerprint density at radius 2 is 1.86 bits per heavy atom. The number of hydrogen-bond acceptors (Lipinski definition) is 5. The second kappa shape index (κ2) is 6.07. The molecule has 2 aliphatic heterocycles. The van der Waals surface area contributed by atoms with Crippen molar-refractivity contribution >= 4 is 28.1 Å². The van der Waals surface area contributed by atoms with E-state index in [4.69, 9.17) is 0 Å². The van der Waals surface area contributed by atoms with Crippen molar-refractivity contribution in [3.05, 3.63) is 34.1 Å². The molecule has 0 aromatic heterocycles. The van der Waals surface area contributed by atoms with Gasteiger partial charge >= 0.3 is 5.69 Å². The Morgan fingerprint density at radius 3 is 2.41 bits per heavy atom. The molecule has 3 rings (SSSR count). The van der Waals surface area contributed by atoms with Gasteiger partial charge in [0.15, 0.2) is 4.90 Å². The lowest BCUT2D eigenvalue weighted by molar-refractivity contribution is -0.390. The van der Waals surface area contributed by atoms with Crippen molar-refractivity contribution < 1.29 is 17.7 Å². The van der Waals surface area contributed by atoms with Crippen LogP contribution in [-0.2, 0) is 10.0 Å². The number of nitro groups is 1. The maximum Gasteiger partial charge on any atom is 0.324 e. The van der Waals surface area contributed by atoms with E-state index in [0.29, 0.717) is 13.1 Å². The number of nitrogens with zero attached hydrogens (tertiary/aromatic N) is 2. The van der Waals surface area contributed by atoms with Crippen LogP contribution in [0.5, 0.6) is 0 Å². The highest BCUT2D eigenvalue weighted by Crippen LogP contribution is 2.34. The van der Waals surface area contributed by atoms with Gasteiger partial charge in [-0.3, -0.25) is 10.1 Å². The molecule has 0 spiro atoms. The molecule has 22 heavy (non-hydrogen) atoms. The molecule has 0 radical (unpaired) electrons. The van der Waals surface area contributed by atoms with E-state index in [1.807, 2.05) is 0 Å². The summed E-state index contributed by atoms with van der Waals surface area (Å²) in [5.74, 6) is -0.707. The third-order valence-electron chi connectivity index (χ3n) is 4.11. The number of para-hydroxylation sites is 1. The average Bonchev–Trinajstić information content (AvgIpc) is 2.98. The number of fused-ring (bicyclic) bond motifs is 1. The monoisotopic (exact) mass is 351 g/mol. The van der Waals surface area contributed by atoms with Gasteiger partial charge in [0.05, 0.1) is 4.92 Å². The van der Waals surface area contributed by atoms with E-state index in [1.165, 1.54) is 10.4 Å². The molecule has 0 saturated carbocycles. The summed E-state index contributed by atoms with van der Waals surface area (Å²) in [4.78, 5) is 9.42. The first-order chi connectivity index (χ1) is 9.91. The normalized spacial score (nSPS) is 24.8. The number of rotatable bonds is 3. The van der Waals surface area contributed by atoms with Crippen LogP contribution in [0.15, 0.2) is 23.1 Å². The lowest BCUT2D eigenvalue weighted by Crippen LogP contribution is -2.32. The molecule has 1 aromatic carbocycles. The number of benzene rings is 1. The largest absolute Gasteiger partial charge is 0.324 e.